The summed E-state index contributed by atoms with van der Waals surface area (Å²) in [4.78, 5) is 0. The lowest BCUT2D eigenvalue weighted by Crippen LogP contribution is -2.29. The number of benzene rings is 2. The molecule has 110 valence electrons. The third-order valence-electron chi connectivity index (χ3n) is 2.97. The maximum Gasteiger partial charge on any atom is 0.170 e. The van der Waals surface area contributed by atoms with Crippen LogP contribution < -0.4 is 10.6 Å². The summed E-state index contributed by atoms with van der Waals surface area (Å²) in [5, 5.41) is 8.43. The molecule has 0 aliphatic carbocycles. The lowest BCUT2D eigenvalue weighted by molar-refractivity contribution is 0.777. The minimum atomic E-state index is 0.608. The zero-order chi connectivity index (χ0) is 15.1. The van der Waals surface area contributed by atoms with Crippen molar-refractivity contribution in [1.29, 1.82) is 0 Å². The molecule has 0 bridgehead atoms. The molecule has 5 heteroatoms. The van der Waals surface area contributed by atoms with Gasteiger partial charge in [-0.2, -0.15) is 0 Å². The zero-order valence-electron chi connectivity index (χ0n) is 11.4. The molecule has 2 N–H and O–H groups in total. The first-order valence-electron chi connectivity index (χ1n) is 6.69. The summed E-state index contributed by atoms with van der Waals surface area (Å²) in [7, 11) is 0. The van der Waals surface area contributed by atoms with E-state index >= 15 is 0 Å². The molecule has 0 saturated heterocycles. The van der Waals surface area contributed by atoms with Crippen molar-refractivity contribution in [3.63, 3.8) is 0 Å². The highest BCUT2D eigenvalue weighted by molar-refractivity contribution is 7.80. The highest BCUT2D eigenvalue weighted by Gasteiger charge is 2.00. The second kappa shape index (κ2) is 8.23. The molecule has 0 fully saturated rings. The molecule has 0 unspecified atom stereocenters. The van der Waals surface area contributed by atoms with E-state index < -0.39 is 0 Å². The molecule has 0 radical (unpaired) electrons. The van der Waals surface area contributed by atoms with E-state index in [4.69, 9.17) is 35.4 Å². The molecular formula is C16H16Cl2N2S. The Morgan fingerprint density at radius 3 is 2.43 bits per heavy atom. The Bertz CT molecular complexity index is 599. The predicted molar refractivity (Wildman–Crippen MR) is 95.4 cm³/mol. The standard InChI is InChI=1S/C16H16Cl2N2S/c17-13-7-9-14(10-8-13)20-16(21)19-11-3-5-12-4-1-2-6-15(12)18/h1-2,4,6-10H,3,5,11H2,(H2,19,20,21). The van der Waals surface area contributed by atoms with E-state index in [2.05, 4.69) is 10.6 Å². The number of aryl methyl sites for hydroxylation is 1. The monoisotopic (exact) mass is 338 g/mol. The van der Waals surface area contributed by atoms with Crippen molar-refractivity contribution >= 4 is 46.2 Å². The van der Waals surface area contributed by atoms with Crippen LogP contribution >= 0.6 is 35.4 Å². The van der Waals surface area contributed by atoms with Gasteiger partial charge >= 0.3 is 0 Å². The van der Waals surface area contributed by atoms with Gasteiger partial charge in [-0.1, -0.05) is 41.4 Å². The third kappa shape index (κ3) is 5.54. The zero-order valence-corrected chi connectivity index (χ0v) is 13.7. The van der Waals surface area contributed by atoms with Gasteiger partial charge < -0.3 is 10.6 Å². The number of anilines is 1. The SMILES string of the molecule is S=C(NCCCc1ccccc1Cl)Nc1ccc(Cl)cc1. The Labute approximate surface area is 140 Å². The van der Waals surface area contributed by atoms with Gasteiger partial charge in [-0.05, 0) is 61.0 Å². The van der Waals surface area contributed by atoms with E-state index in [0.717, 1.165) is 35.7 Å². The Morgan fingerprint density at radius 2 is 1.71 bits per heavy atom. The van der Waals surface area contributed by atoms with Crippen molar-refractivity contribution in [2.24, 2.45) is 0 Å². The molecule has 0 aromatic heterocycles. The average molecular weight is 339 g/mol. The van der Waals surface area contributed by atoms with Crippen LogP contribution in [0.1, 0.15) is 12.0 Å². The molecule has 2 rings (SSSR count). The first-order valence-corrected chi connectivity index (χ1v) is 7.85. The molecule has 0 aliphatic rings. The molecule has 0 heterocycles. The lowest BCUT2D eigenvalue weighted by atomic mass is 10.1. The van der Waals surface area contributed by atoms with Gasteiger partial charge in [0.2, 0.25) is 0 Å². The molecule has 0 atom stereocenters. The van der Waals surface area contributed by atoms with Crippen LogP contribution in [0, 0.1) is 0 Å². The number of hydrogen-bond donors (Lipinski definition) is 2. The summed E-state index contributed by atoms with van der Waals surface area (Å²) >= 11 is 17.2. The van der Waals surface area contributed by atoms with Crippen LogP contribution in [0.25, 0.3) is 0 Å². The molecule has 0 amide bonds. The summed E-state index contributed by atoms with van der Waals surface area (Å²) < 4.78 is 0. The third-order valence-corrected chi connectivity index (χ3v) is 3.84. The van der Waals surface area contributed by atoms with E-state index in [1.54, 1.807) is 0 Å². The maximum atomic E-state index is 6.12. The maximum absolute atomic E-state index is 6.12. The Morgan fingerprint density at radius 1 is 1.00 bits per heavy atom. The molecule has 0 aliphatic heterocycles. The summed E-state index contributed by atoms with van der Waals surface area (Å²) in [6.45, 7) is 0.796. The fourth-order valence-corrected chi connectivity index (χ4v) is 2.47. The van der Waals surface area contributed by atoms with E-state index in [1.165, 1.54) is 0 Å². The predicted octanol–water partition coefficient (Wildman–Crippen LogP) is 4.91. The molecule has 2 aromatic carbocycles. The molecule has 21 heavy (non-hydrogen) atoms. The molecule has 0 spiro atoms. The molecule has 0 saturated carbocycles. The van der Waals surface area contributed by atoms with Crippen LogP contribution in [-0.2, 0) is 6.42 Å². The minimum Gasteiger partial charge on any atom is -0.362 e. The summed E-state index contributed by atoms with van der Waals surface area (Å²) in [6, 6.07) is 15.3. The summed E-state index contributed by atoms with van der Waals surface area (Å²) in [6.07, 6.45) is 1.89. The van der Waals surface area contributed by atoms with Gasteiger partial charge in [0.1, 0.15) is 0 Å². The number of halogens is 2. The van der Waals surface area contributed by atoms with Gasteiger partial charge in [0.05, 0.1) is 0 Å². The van der Waals surface area contributed by atoms with Gasteiger partial charge in [0, 0.05) is 22.3 Å². The molecular weight excluding hydrogens is 323 g/mol. The first-order chi connectivity index (χ1) is 10.1. The Hall–Kier alpha value is -1.29. The number of rotatable bonds is 5. The van der Waals surface area contributed by atoms with Crippen molar-refractivity contribution in [2.45, 2.75) is 12.8 Å². The van der Waals surface area contributed by atoms with E-state index in [1.807, 2.05) is 48.5 Å². The van der Waals surface area contributed by atoms with Crippen LogP contribution in [0.5, 0.6) is 0 Å². The highest BCUT2D eigenvalue weighted by Crippen LogP contribution is 2.16. The summed E-state index contributed by atoms with van der Waals surface area (Å²) in [5.41, 5.74) is 2.08. The smallest absolute Gasteiger partial charge is 0.170 e. The van der Waals surface area contributed by atoms with Crippen molar-refractivity contribution in [2.75, 3.05) is 11.9 Å². The van der Waals surface area contributed by atoms with Crippen LogP contribution in [-0.4, -0.2) is 11.7 Å². The summed E-state index contributed by atoms with van der Waals surface area (Å²) in [5.74, 6) is 0. The van der Waals surface area contributed by atoms with Gasteiger partial charge in [-0.25, -0.2) is 0 Å². The van der Waals surface area contributed by atoms with Crippen molar-refractivity contribution in [3.8, 4) is 0 Å². The topological polar surface area (TPSA) is 24.1 Å². The first kappa shape index (κ1) is 16.1. The number of thiocarbonyl (C=S) groups is 1. The average Bonchev–Trinajstić information content (AvgIpc) is 2.48. The van der Waals surface area contributed by atoms with E-state index in [0.29, 0.717) is 10.1 Å². The van der Waals surface area contributed by atoms with Crippen LogP contribution in [0.15, 0.2) is 48.5 Å². The molecule has 2 aromatic rings. The van der Waals surface area contributed by atoms with Gasteiger partial charge in [-0.3, -0.25) is 0 Å². The van der Waals surface area contributed by atoms with Crippen molar-refractivity contribution < 1.29 is 0 Å². The van der Waals surface area contributed by atoms with Gasteiger partial charge in [0.15, 0.2) is 5.11 Å². The quantitative estimate of drug-likeness (QED) is 0.598. The fraction of sp³-hybridized carbons (Fsp3) is 0.188. The van der Waals surface area contributed by atoms with E-state index in [9.17, 15) is 0 Å². The van der Waals surface area contributed by atoms with Crippen LogP contribution in [0.3, 0.4) is 0 Å². The lowest BCUT2D eigenvalue weighted by Gasteiger charge is -2.10. The second-order valence-corrected chi connectivity index (χ2v) is 5.83. The van der Waals surface area contributed by atoms with Crippen LogP contribution in [0.2, 0.25) is 10.0 Å². The van der Waals surface area contributed by atoms with Crippen molar-refractivity contribution in [1.82, 2.24) is 5.32 Å². The van der Waals surface area contributed by atoms with Gasteiger partial charge in [-0.15, -0.1) is 0 Å². The second-order valence-electron chi connectivity index (χ2n) is 4.58. The Balaban J connectivity index is 1.70. The highest BCUT2D eigenvalue weighted by atomic mass is 35.5. The largest absolute Gasteiger partial charge is 0.362 e. The normalized spacial score (nSPS) is 10.2. The van der Waals surface area contributed by atoms with Crippen LogP contribution in [0.4, 0.5) is 5.69 Å². The minimum absolute atomic E-state index is 0.608. The van der Waals surface area contributed by atoms with Crippen molar-refractivity contribution in [3.05, 3.63) is 64.1 Å². The number of hydrogen-bond acceptors (Lipinski definition) is 1. The Kier molecular flexibility index (Phi) is 6.30. The fourth-order valence-electron chi connectivity index (χ4n) is 1.89. The molecule has 2 nitrogen and oxygen atoms in total. The van der Waals surface area contributed by atoms with E-state index in [-0.39, 0.29) is 0 Å². The number of nitrogens with one attached hydrogen (secondary N) is 2. The van der Waals surface area contributed by atoms with Gasteiger partial charge in [0.25, 0.3) is 0 Å².